The van der Waals surface area contributed by atoms with E-state index in [4.69, 9.17) is 15.2 Å². The number of anilines is 1. The fourth-order valence-electron chi connectivity index (χ4n) is 3.35. The topological polar surface area (TPSA) is 80.9 Å². The van der Waals surface area contributed by atoms with Gasteiger partial charge in [-0.05, 0) is 37.5 Å². The van der Waals surface area contributed by atoms with Gasteiger partial charge in [-0.3, -0.25) is 4.99 Å². The van der Waals surface area contributed by atoms with E-state index in [0.29, 0.717) is 24.0 Å². The molecule has 0 heterocycles. The van der Waals surface area contributed by atoms with Gasteiger partial charge in [0.15, 0.2) is 17.5 Å². The molecule has 0 aliphatic carbocycles. The van der Waals surface area contributed by atoms with Crippen LogP contribution in [0.25, 0.3) is 0 Å². The summed E-state index contributed by atoms with van der Waals surface area (Å²) in [4.78, 5) is 4.63. The zero-order valence-electron chi connectivity index (χ0n) is 18.6. The lowest BCUT2D eigenvalue weighted by atomic mass is 9.91. The molecular formula is C23H35IN4O2. The van der Waals surface area contributed by atoms with Gasteiger partial charge in [0.2, 0.25) is 0 Å². The van der Waals surface area contributed by atoms with Crippen molar-refractivity contribution in [3.8, 4) is 11.5 Å². The molecular weight excluding hydrogens is 491 g/mol. The maximum Gasteiger partial charge on any atom is 0.193 e. The Morgan fingerprint density at radius 1 is 1.03 bits per heavy atom. The van der Waals surface area contributed by atoms with Crippen LogP contribution in [0, 0.1) is 0 Å². The maximum atomic E-state index is 6.17. The minimum Gasteiger partial charge on any atom is -0.493 e. The average molecular weight is 526 g/mol. The summed E-state index contributed by atoms with van der Waals surface area (Å²) >= 11 is 0. The normalized spacial score (nSPS) is 12.6. The van der Waals surface area contributed by atoms with Gasteiger partial charge in [0.25, 0.3) is 0 Å². The molecule has 0 saturated carbocycles. The number of hydrogen-bond acceptors (Lipinski definition) is 4. The van der Waals surface area contributed by atoms with Crippen LogP contribution >= 0.6 is 24.0 Å². The maximum absolute atomic E-state index is 6.17. The lowest BCUT2D eigenvalue weighted by Crippen LogP contribution is -2.48. The van der Waals surface area contributed by atoms with Crippen molar-refractivity contribution >= 4 is 35.6 Å². The third-order valence-electron chi connectivity index (χ3n) is 5.38. The summed E-state index contributed by atoms with van der Waals surface area (Å²) in [6.45, 7) is 7.14. The zero-order chi connectivity index (χ0) is 21.3. The Morgan fingerprint density at radius 3 is 2.23 bits per heavy atom. The number of aliphatic imine (C=N–C) groups is 1. The molecule has 0 fully saturated rings. The summed E-state index contributed by atoms with van der Waals surface area (Å²) in [6.07, 6.45) is 1.90. The van der Waals surface area contributed by atoms with E-state index in [0.717, 1.165) is 18.5 Å². The first-order chi connectivity index (χ1) is 14.0. The highest BCUT2D eigenvalue weighted by Gasteiger charge is 2.28. The monoisotopic (exact) mass is 526 g/mol. The molecule has 0 aromatic heterocycles. The lowest BCUT2D eigenvalue weighted by molar-refractivity contribution is 0.281. The fourth-order valence-corrected chi connectivity index (χ4v) is 3.35. The number of nitrogens with one attached hydrogen (secondary N) is 2. The Kier molecular flexibility index (Phi) is 11.0. The first-order valence-electron chi connectivity index (χ1n) is 10.1. The molecule has 7 heteroatoms. The second kappa shape index (κ2) is 12.6. The Bertz CT molecular complexity index is 795. The number of guanidine groups is 1. The van der Waals surface area contributed by atoms with Gasteiger partial charge in [0.05, 0.1) is 20.8 Å². The number of ether oxygens (including phenoxy) is 2. The molecule has 1 atom stereocenters. The van der Waals surface area contributed by atoms with E-state index in [2.05, 4.69) is 60.7 Å². The number of benzene rings is 2. The average Bonchev–Trinajstić information content (AvgIpc) is 2.77. The SMILES string of the molecule is CCC(CC)(CN=C(N)Nc1ccc(OC)c(OC)c1)NC(C)c1ccccc1.I. The van der Waals surface area contributed by atoms with Crippen molar-refractivity contribution in [2.45, 2.75) is 45.2 Å². The summed E-state index contributed by atoms with van der Waals surface area (Å²) in [5.41, 5.74) is 8.10. The molecule has 0 spiro atoms. The van der Waals surface area contributed by atoms with Gasteiger partial charge in [-0.2, -0.15) is 0 Å². The van der Waals surface area contributed by atoms with Crippen LogP contribution in [-0.2, 0) is 0 Å². The summed E-state index contributed by atoms with van der Waals surface area (Å²) in [5, 5.41) is 6.91. The van der Waals surface area contributed by atoms with E-state index in [1.165, 1.54) is 5.56 Å². The molecule has 0 saturated heterocycles. The van der Waals surface area contributed by atoms with E-state index in [1.807, 2.05) is 24.3 Å². The molecule has 0 radical (unpaired) electrons. The Balaban J connectivity index is 0.00000450. The van der Waals surface area contributed by atoms with Crippen LogP contribution < -0.4 is 25.8 Å². The van der Waals surface area contributed by atoms with Crippen molar-refractivity contribution in [1.82, 2.24) is 5.32 Å². The number of nitrogens with zero attached hydrogens (tertiary/aromatic N) is 1. The molecule has 6 nitrogen and oxygen atoms in total. The second-order valence-corrected chi connectivity index (χ2v) is 7.16. The minimum atomic E-state index is -0.126. The highest BCUT2D eigenvalue weighted by atomic mass is 127. The number of halogens is 1. The summed E-state index contributed by atoms with van der Waals surface area (Å²) in [7, 11) is 3.22. The molecule has 166 valence electrons. The van der Waals surface area contributed by atoms with Gasteiger partial charge < -0.3 is 25.8 Å². The minimum absolute atomic E-state index is 0. The molecule has 0 amide bonds. The number of methoxy groups -OCH3 is 2. The van der Waals surface area contributed by atoms with E-state index in [9.17, 15) is 0 Å². The molecule has 0 bridgehead atoms. The number of rotatable bonds is 10. The van der Waals surface area contributed by atoms with Crippen LogP contribution in [0.4, 0.5) is 5.69 Å². The zero-order valence-corrected chi connectivity index (χ0v) is 20.9. The quantitative estimate of drug-likeness (QED) is 0.232. The van der Waals surface area contributed by atoms with E-state index < -0.39 is 0 Å². The molecule has 0 aliphatic heterocycles. The first kappa shape index (κ1) is 26.0. The van der Waals surface area contributed by atoms with Gasteiger partial charge in [-0.25, -0.2) is 0 Å². The number of hydrogen-bond donors (Lipinski definition) is 3. The molecule has 2 aromatic rings. The highest BCUT2D eigenvalue weighted by molar-refractivity contribution is 14.0. The van der Waals surface area contributed by atoms with Crippen LogP contribution in [0.2, 0.25) is 0 Å². The Labute approximate surface area is 197 Å². The van der Waals surface area contributed by atoms with Gasteiger partial charge >= 0.3 is 0 Å². The molecule has 4 N–H and O–H groups in total. The Hall–Kier alpha value is -2.00. The predicted molar refractivity (Wildman–Crippen MR) is 136 cm³/mol. The molecule has 2 rings (SSSR count). The van der Waals surface area contributed by atoms with E-state index in [-0.39, 0.29) is 35.6 Å². The van der Waals surface area contributed by atoms with E-state index in [1.54, 1.807) is 14.2 Å². The lowest BCUT2D eigenvalue weighted by Gasteiger charge is -2.35. The predicted octanol–water partition coefficient (Wildman–Crippen LogP) is 4.96. The van der Waals surface area contributed by atoms with Crippen molar-refractivity contribution in [3.63, 3.8) is 0 Å². The van der Waals surface area contributed by atoms with Crippen LogP contribution in [0.15, 0.2) is 53.5 Å². The van der Waals surface area contributed by atoms with Crippen molar-refractivity contribution in [2.24, 2.45) is 10.7 Å². The second-order valence-electron chi connectivity index (χ2n) is 7.16. The third-order valence-corrected chi connectivity index (χ3v) is 5.38. The largest absolute Gasteiger partial charge is 0.493 e. The van der Waals surface area contributed by atoms with Gasteiger partial charge in [0, 0.05) is 23.3 Å². The van der Waals surface area contributed by atoms with Crippen molar-refractivity contribution < 1.29 is 9.47 Å². The van der Waals surface area contributed by atoms with Crippen molar-refractivity contribution in [2.75, 3.05) is 26.1 Å². The number of nitrogens with two attached hydrogens (primary N) is 1. The first-order valence-corrected chi connectivity index (χ1v) is 10.1. The summed E-state index contributed by atoms with van der Waals surface area (Å²) in [5.74, 6) is 1.68. The fraction of sp³-hybridized carbons (Fsp3) is 0.435. The molecule has 1 unspecified atom stereocenters. The van der Waals surface area contributed by atoms with Crippen molar-refractivity contribution in [3.05, 3.63) is 54.1 Å². The highest BCUT2D eigenvalue weighted by Crippen LogP contribution is 2.29. The van der Waals surface area contributed by atoms with Crippen LogP contribution in [0.1, 0.15) is 45.2 Å². The smallest absolute Gasteiger partial charge is 0.193 e. The van der Waals surface area contributed by atoms with Gasteiger partial charge in [-0.1, -0.05) is 44.2 Å². The van der Waals surface area contributed by atoms with Crippen LogP contribution in [0.3, 0.4) is 0 Å². The van der Waals surface area contributed by atoms with Crippen LogP contribution in [0.5, 0.6) is 11.5 Å². The van der Waals surface area contributed by atoms with Crippen molar-refractivity contribution in [1.29, 1.82) is 0 Å². The third kappa shape index (κ3) is 7.05. The summed E-state index contributed by atoms with van der Waals surface area (Å²) < 4.78 is 10.6. The van der Waals surface area contributed by atoms with Gasteiger partial charge in [0.1, 0.15) is 0 Å². The molecule has 0 aliphatic rings. The summed E-state index contributed by atoms with van der Waals surface area (Å²) in [6, 6.07) is 16.2. The standard InChI is InChI=1S/C23H34N4O2.HI/c1-6-23(7-2,27-17(3)18-11-9-8-10-12-18)16-25-22(24)26-19-13-14-20(28-4)21(15-19)29-5;/h8-15,17,27H,6-7,16H2,1-5H3,(H3,24,25,26);1H. The molecule has 2 aromatic carbocycles. The Morgan fingerprint density at radius 2 is 1.67 bits per heavy atom. The van der Waals surface area contributed by atoms with Crippen LogP contribution in [-0.4, -0.2) is 32.3 Å². The van der Waals surface area contributed by atoms with Gasteiger partial charge in [-0.15, -0.1) is 24.0 Å². The van der Waals surface area contributed by atoms with E-state index >= 15 is 0 Å². The molecule has 30 heavy (non-hydrogen) atoms.